The van der Waals surface area contributed by atoms with Gasteiger partial charge in [0.1, 0.15) is 17.3 Å². The predicted octanol–water partition coefficient (Wildman–Crippen LogP) is 1.04. The van der Waals surface area contributed by atoms with Crippen LogP contribution in [-0.2, 0) is 0 Å². The van der Waals surface area contributed by atoms with Crippen molar-refractivity contribution >= 4 is 17.2 Å². The minimum absolute atomic E-state index is 0.323. The molecule has 0 aromatic heterocycles. The Morgan fingerprint density at radius 2 is 2.36 bits per heavy atom. The molecule has 0 fully saturated rings. The molecule has 0 bridgehead atoms. The van der Waals surface area contributed by atoms with E-state index in [1.165, 1.54) is 0 Å². The number of hydrogen-bond acceptors (Lipinski definition) is 4. The molecule has 4 heteroatoms. The first kappa shape index (κ1) is 7.67. The number of nitrogens with zero attached hydrogens (tertiary/aromatic N) is 2. The molecule has 0 aliphatic carbocycles. The normalized spacial score (nSPS) is 18.3. The van der Waals surface area contributed by atoms with Crippen molar-refractivity contribution in [3.05, 3.63) is 18.2 Å². The molecule has 2 aliphatic rings. The molecule has 0 saturated heterocycles. The van der Waals surface area contributed by atoms with Crippen LogP contribution in [0.15, 0.2) is 23.2 Å². The third-order valence-electron chi connectivity index (χ3n) is 2.65. The van der Waals surface area contributed by atoms with E-state index in [0.29, 0.717) is 5.75 Å². The molecule has 2 N–H and O–H groups in total. The van der Waals surface area contributed by atoms with Crippen molar-refractivity contribution in [1.82, 2.24) is 0 Å². The van der Waals surface area contributed by atoms with Crippen LogP contribution >= 0.6 is 0 Å². The molecule has 0 spiro atoms. The minimum atomic E-state index is 0.323. The third kappa shape index (κ3) is 0.907. The zero-order valence-electron chi connectivity index (χ0n) is 7.70. The van der Waals surface area contributed by atoms with Crippen LogP contribution in [0.4, 0.5) is 11.4 Å². The maximum absolute atomic E-state index is 9.77. The summed E-state index contributed by atoms with van der Waals surface area (Å²) in [7, 11) is 0. The monoisotopic (exact) mass is 189 g/mol. The van der Waals surface area contributed by atoms with Crippen molar-refractivity contribution < 1.29 is 5.11 Å². The van der Waals surface area contributed by atoms with Gasteiger partial charge in [0.2, 0.25) is 0 Å². The number of anilines is 2. The van der Waals surface area contributed by atoms with Crippen molar-refractivity contribution in [3.63, 3.8) is 0 Å². The van der Waals surface area contributed by atoms with Crippen LogP contribution in [-0.4, -0.2) is 30.6 Å². The molecule has 0 saturated carbocycles. The van der Waals surface area contributed by atoms with E-state index < -0.39 is 0 Å². The highest BCUT2D eigenvalue weighted by Gasteiger charge is 2.27. The van der Waals surface area contributed by atoms with Gasteiger partial charge in [0.05, 0.1) is 18.8 Å². The highest BCUT2D eigenvalue weighted by atomic mass is 16.3. The lowest BCUT2D eigenvalue weighted by atomic mass is 10.2. The third-order valence-corrected chi connectivity index (χ3v) is 2.65. The summed E-state index contributed by atoms with van der Waals surface area (Å²) >= 11 is 0. The Kier molecular flexibility index (Phi) is 1.45. The predicted molar refractivity (Wildman–Crippen MR) is 56.2 cm³/mol. The topological polar surface area (TPSA) is 47.9 Å². The van der Waals surface area contributed by atoms with Crippen LogP contribution in [0.1, 0.15) is 0 Å². The molecule has 0 amide bonds. The number of para-hydroxylation sites is 1. The summed E-state index contributed by atoms with van der Waals surface area (Å²) in [6.45, 7) is 2.46. The Bertz CT molecular complexity index is 414. The van der Waals surface area contributed by atoms with Gasteiger partial charge in [0, 0.05) is 6.54 Å². The highest BCUT2D eigenvalue weighted by molar-refractivity contribution is 6.08. The molecule has 1 aromatic rings. The Hall–Kier alpha value is -1.71. The lowest BCUT2D eigenvalue weighted by Gasteiger charge is -2.29. The van der Waals surface area contributed by atoms with Crippen LogP contribution in [0.25, 0.3) is 0 Å². The molecule has 3 rings (SSSR count). The fraction of sp³-hybridized carbons (Fsp3) is 0.300. The molecule has 0 unspecified atom stereocenters. The van der Waals surface area contributed by atoms with E-state index in [1.54, 1.807) is 6.07 Å². The van der Waals surface area contributed by atoms with Gasteiger partial charge in [-0.05, 0) is 12.1 Å². The lowest BCUT2D eigenvalue weighted by molar-refractivity contribution is 0.476. The molecule has 1 aromatic carbocycles. The largest absolute Gasteiger partial charge is 0.506 e. The summed E-state index contributed by atoms with van der Waals surface area (Å²) in [5.74, 6) is 1.35. The van der Waals surface area contributed by atoms with Crippen LogP contribution < -0.4 is 10.2 Å². The van der Waals surface area contributed by atoms with Gasteiger partial charge >= 0.3 is 0 Å². The van der Waals surface area contributed by atoms with E-state index in [4.69, 9.17) is 0 Å². The van der Waals surface area contributed by atoms with Gasteiger partial charge in [-0.3, -0.25) is 4.99 Å². The van der Waals surface area contributed by atoms with Gasteiger partial charge in [-0.25, -0.2) is 0 Å². The number of nitrogens with one attached hydrogen (secondary N) is 1. The SMILES string of the molecule is Oc1cccc2c1N1CCN=C1CN2. The molecule has 72 valence electrons. The van der Waals surface area contributed by atoms with E-state index in [9.17, 15) is 5.11 Å². The van der Waals surface area contributed by atoms with E-state index in [2.05, 4.69) is 15.2 Å². The summed E-state index contributed by atoms with van der Waals surface area (Å²) in [6, 6.07) is 5.53. The number of phenolic OH excluding ortho intramolecular Hbond substituents is 1. The molecular weight excluding hydrogens is 178 g/mol. The lowest BCUT2D eigenvalue weighted by Crippen LogP contribution is -2.37. The zero-order valence-corrected chi connectivity index (χ0v) is 7.70. The number of hydrogen-bond donors (Lipinski definition) is 2. The van der Waals surface area contributed by atoms with E-state index in [-0.39, 0.29) is 0 Å². The van der Waals surface area contributed by atoms with Crippen LogP contribution in [0.2, 0.25) is 0 Å². The summed E-state index contributed by atoms with van der Waals surface area (Å²) in [5, 5.41) is 13.0. The summed E-state index contributed by atoms with van der Waals surface area (Å²) in [6.07, 6.45) is 0. The van der Waals surface area contributed by atoms with Crippen molar-refractivity contribution in [2.75, 3.05) is 29.9 Å². The number of amidine groups is 1. The molecule has 14 heavy (non-hydrogen) atoms. The van der Waals surface area contributed by atoms with Gasteiger partial charge in [0.15, 0.2) is 0 Å². The Balaban J connectivity index is 2.17. The second-order valence-electron chi connectivity index (χ2n) is 3.48. The Morgan fingerprint density at radius 1 is 1.43 bits per heavy atom. The fourth-order valence-corrected chi connectivity index (χ4v) is 2.02. The summed E-state index contributed by atoms with van der Waals surface area (Å²) in [5.41, 5.74) is 1.86. The Morgan fingerprint density at radius 3 is 3.29 bits per heavy atom. The number of phenols is 1. The average molecular weight is 189 g/mol. The van der Waals surface area contributed by atoms with Crippen LogP contribution in [0, 0.1) is 0 Å². The molecular formula is C10H11N3O. The highest BCUT2D eigenvalue weighted by Crippen LogP contribution is 2.38. The van der Waals surface area contributed by atoms with E-state index in [1.807, 2.05) is 12.1 Å². The van der Waals surface area contributed by atoms with Gasteiger partial charge in [0.25, 0.3) is 0 Å². The van der Waals surface area contributed by atoms with Gasteiger partial charge < -0.3 is 15.3 Å². The molecule has 0 radical (unpaired) electrons. The average Bonchev–Trinajstić information content (AvgIpc) is 2.65. The van der Waals surface area contributed by atoms with Gasteiger partial charge in [-0.1, -0.05) is 6.07 Å². The molecule has 4 nitrogen and oxygen atoms in total. The number of aliphatic imine (C=N–C) groups is 1. The Labute approximate surface area is 81.9 Å². The first-order valence-electron chi connectivity index (χ1n) is 4.73. The van der Waals surface area contributed by atoms with Crippen LogP contribution in [0.5, 0.6) is 5.75 Å². The maximum Gasteiger partial charge on any atom is 0.141 e. The molecule has 2 aliphatic heterocycles. The second-order valence-corrected chi connectivity index (χ2v) is 3.48. The standard InChI is InChI=1S/C10H11N3O/c14-8-3-1-2-7-10(8)13-5-4-11-9(13)6-12-7/h1-3,12,14H,4-6H2. The van der Waals surface area contributed by atoms with Crippen molar-refractivity contribution in [3.8, 4) is 5.75 Å². The molecule has 0 atom stereocenters. The minimum Gasteiger partial charge on any atom is -0.506 e. The molecule has 2 heterocycles. The van der Waals surface area contributed by atoms with Crippen molar-refractivity contribution in [2.45, 2.75) is 0 Å². The first-order valence-corrected chi connectivity index (χ1v) is 4.73. The maximum atomic E-state index is 9.77. The second kappa shape index (κ2) is 2.64. The quantitative estimate of drug-likeness (QED) is 0.641. The van der Waals surface area contributed by atoms with Gasteiger partial charge in [-0.15, -0.1) is 0 Å². The smallest absolute Gasteiger partial charge is 0.141 e. The van der Waals surface area contributed by atoms with Gasteiger partial charge in [-0.2, -0.15) is 0 Å². The number of fused-ring (bicyclic) bond motifs is 3. The van der Waals surface area contributed by atoms with Crippen molar-refractivity contribution in [2.24, 2.45) is 4.99 Å². The number of aromatic hydroxyl groups is 1. The number of rotatable bonds is 0. The number of benzene rings is 1. The van der Waals surface area contributed by atoms with Crippen LogP contribution in [0.3, 0.4) is 0 Å². The summed E-state index contributed by atoms with van der Waals surface area (Å²) < 4.78 is 0. The summed E-state index contributed by atoms with van der Waals surface area (Å²) in [4.78, 5) is 6.45. The fourth-order valence-electron chi connectivity index (χ4n) is 2.02. The van der Waals surface area contributed by atoms with E-state index in [0.717, 1.165) is 36.8 Å². The van der Waals surface area contributed by atoms with Crippen molar-refractivity contribution in [1.29, 1.82) is 0 Å². The first-order chi connectivity index (χ1) is 6.86. The van der Waals surface area contributed by atoms with E-state index >= 15 is 0 Å². The zero-order chi connectivity index (χ0) is 9.54.